The van der Waals surface area contributed by atoms with Gasteiger partial charge in [0.2, 0.25) is 0 Å². The molecular formula is C10H11NO5. The van der Waals surface area contributed by atoms with Crippen molar-refractivity contribution in [3.8, 4) is 12.3 Å². The largest absolute Gasteiger partial charge is 0.533 e. The fourth-order valence-electron chi connectivity index (χ4n) is 1.09. The molecule has 1 aliphatic rings. The summed E-state index contributed by atoms with van der Waals surface area (Å²) in [6, 6.07) is 0. The van der Waals surface area contributed by atoms with Crippen LogP contribution in [-0.4, -0.2) is 29.6 Å². The van der Waals surface area contributed by atoms with E-state index < -0.39 is 18.0 Å². The zero-order chi connectivity index (χ0) is 12.0. The Hall–Kier alpha value is -2.03. The van der Waals surface area contributed by atoms with Gasteiger partial charge in [-0.1, -0.05) is 5.06 Å². The summed E-state index contributed by atoms with van der Waals surface area (Å²) in [5.74, 6) is 1.30. The highest BCUT2D eigenvalue weighted by atomic mass is 16.8. The number of amides is 2. The normalized spacial score (nSPS) is 14.8. The summed E-state index contributed by atoms with van der Waals surface area (Å²) in [5, 5.41) is 0.434. The lowest BCUT2D eigenvalue weighted by atomic mass is 10.3. The number of hydrogen-bond acceptors (Lipinski definition) is 5. The Kier molecular flexibility index (Phi) is 4.33. The Bertz CT molecular complexity index is 328. The molecule has 1 rings (SSSR count). The van der Waals surface area contributed by atoms with Crippen molar-refractivity contribution in [1.82, 2.24) is 5.06 Å². The number of carbonyl (C=O) groups excluding carboxylic acids is 3. The van der Waals surface area contributed by atoms with Gasteiger partial charge in [-0.2, -0.15) is 0 Å². The van der Waals surface area contributed by atoms with Crippen molar-refractivity contribution < 1.29 is 24.0 Å². The molecule has 1 heterocycles. The van der Waals surface area contributed by atoms with Crippen molar-refractivity contribution in [2.24, 2.45) is 0 Å². The first-order chi connectivity index (χ1) is 7.65. The molecule has 6 heteroatoms. The molecule has 0 unspecified atom stereocenters. The fraction of sp³-hybridized carbons (Fsp3) is 0.500. The highest BCUT2D eigenvalue weighted by Crippen LogP contribution is 2.12. The van der Waals surface area contributed by atoms with E-state index in [1.165, 1.54) is 0 Å². The van der Waals surface area contributed by atoms with E-state index in [-0.39, 0.29) is 19.4 Å². The van der Waals surface area contributed by atoms with Crippen LogP contribution >= 0.6 is 0 Å². The molecule has 1 fully saturated rings. The Balaban J connectivity index is 2.26. The predicted octanol–water partition coefficient (Wildman–Crippen LogP) is 0.617. The summed E-state index contributed by atoms with van der Waals surface area (Å²) in [6.07, 6.45) is 5.03. The maximum atomic E-state index is 11.0. The molecule has 6 nitrogen and oxygen atoms in total. The second-order valence-electron chi connectivity index (χ2n) is 3.08. The molecular weight excluding hydrogens is 214 g/mol. The smallest absolute Gasteiger partial charge is 0.433 e. The van der Waals surface area contributed by atoms with E-state index in [2.05, 4.69) is 15.5 Å². The van der Waals surface area contributed by atoms with E-state index in [0.717, 1.165) is 0 Å². The topological polar surface area (TPSA) is 72.9 Å². The van der Waals surface area contributed by atoms with Crippen LogP contribution in [0.1, 0.15) is 25.7 Å². The van der Waals surface area contributed by atoms with Crippen molar-refractivity contribution in [2.45, 2.75) is 25.7 Å². The van der Waals surface area contributed by atoms with Crippen molar-refractivity contribution in [3.05, 3.63) is 0 Å². The number of hydroxylamine groups is 2. The molecule has 2 amide bonds. The minimum Gasteiger partial charge on any atom is -0.433 e. The fourth-order valence-corrected chi connectivity index (χ4v) is 1.09. The van der Waals surface area contributed by atoms with Crippen molar-refractivity contribution in [1.29, 1.82) is 0 Å². The molecule has 0 aromatic heterocycles. The lowest BCUT2D eigenvalue weighted by Gasteiger charge is -2.11. The van der Waals surface area contributed by atoms with Crippen molar-refractivity contribution in [2.75, 3.05) is 6.61 Å². The van der Waals surface area contributed by atoms with Gasteiger partial charge < -0.3 is 4.74 Å². The summed E-state index contributed by atoms with van der Waals surface area (Å²) in [5.41, 5.74) is 0. The number of nitrogens with zero attached hydrogens (tertiary/aromatic N) is 1. The van der Waals surface area contributed by atoms with Crippen LogP contribution in [0.25, 0.3) is 0 Å². The summed E-state index contributed by atoms with van der Waals surface area (Å²) >= 11 is 0. The van der Waals surface area contributed by atoms with Gasteiger partial charge in [0.1, 0.15) is 0 Å². The van der Waals surface area contributed by atoms with Gasteiger partial charge in [-0.3, -0.25) is 14.4 Å². The van der Waals surface area contributed by atoms with Crippen molar-refractivity contribution >= 4 is 18.0 Å². The quantitative estimate of drug-likeness (QED) is 0.303. The first-order valence-corrected chi connectivity index (χ1v) is 4.79. The molecule has 0 bridgehead atoms. The van der Waals surface area contributed by atoms with E-state index in [0.29, 0.717) is 17.9 Å². The SMILES string of the molecule is C#CCCCOC(=O)ON1C(=O)CCC1=O. The standard InChI is InChI=1S/C10H11NO5/c1-2-3-4-7-15-10(14)16-11-8(12)5-6-9(11)13/h1H,3-7H2. The van der Waals surface area contributed by atoms with Crippen LogP contribution in [0.4, 0.5) is 4.79 Å². The van der Waals surface area contributed by atoms with Gasteiger partial charge in [0.25, 0.3) is 11.8 Å². The molecule has 16 heavy (non-hydrogen) atoms. The second kappa shape index (κ2) is 5.75. The number of terminal acetylenes is 1. The van der Waals surface area contributed by atoms with Gasteiger partial charge in [0.15, 0.2) is 0 Å². The van der Waals surface area contributed by atoms with Crippen LogP contribution in [0.15, 0.2) is 0 Å². The Morgan fingerprint density at radius 2 is 2.00 bits per heavy atom. The van der Waals surface area contributed by atoms with Gasteiger partial charge >= 0.3 is 6.16 Å². The first kappa shape index (κ1) is 12.0. The van der Waals surface area contributed by atoms with Crippen LogP contribution < -0.4 is 0 Å². The molecule has 0 N–H and O–H groups in total. The lowest BCUT2D eigenvalue weighted by molar-refractivity contribution is -0.177. The Morgan fingerprint density at radius 3 is 2.56 bits per heavy atom. The number of unbranched alkanes of at least 4 members (excludes halogenated alkanes) is 1. The van der Waals surface area contributed by atoms with Crippen LogP contribution in [-0.2, 0) is 19.2 Å². The van der Waals surface area contributed by atoms with Crippen LogP contribution in [0.5, 0.6) is 0 Å². The average Bonchev–Trinajstić information content (AvgIpc) is 2.56. The van der Waals surface area contributed by atoms with Gasteiger partial charge in [0.05, 0.1) is 6.61 Å². The highest BCUT2D eigenvalue weighted by Gasteiger charge is 2.33. The molecule has 0 radical (unpaired) electrons. The third-order valence-electron chi connectivity index (χ3n) is 1.86. The van der Waals surface area contributed by atoms with E-state index >= 15 is 0 Å². The monoisotopic (exact) mass is 225 g/mol. The van der Waals surface area contributed by atoms with E-state index in [4.69, 9.17) is 6.42 Å². The van der Waals surface area contributed by atoms with Gasteiger partial charge in [0, 0.05) is 19.3 Å². The average molecular weight is 225 g/mol. The Morgan fingerprint density at radius 1 is 1.38 bits per heavy atom. The summed E-state index contributed by atoms with van der Waals surface area (Å²) < 4.78 is 4.60. The number of rotatable bonds is 4. The maximum Gasteiger partial charge on any atom is 0.533 e. The Labute approximate surface area is 92.4 Å². The summed E-state index contributed by atoms with van der Waals surface area (Å²) in [4.78, 5) is 37.5. The molecule has 0 atom stereocenters. The molecule has 0 saturated carbocycles. The highest BCUT2D eigenvalue weighted by molar-refractivity contribution is 6.01. The van der Waals surface area contributed by atoms with Gasteiger partial charge in [-0.05, 0) is 6.42 Å². The molecule has 1 aliphatic heterocycles. The van der Waals surface area contributed by atoms with E-state index in [9.17, 15) is 14.4 Å². The molecule has 1 saturated heterocycles. The first-order valence-electron chi connectivity index (χ1n) is 4.79. The van der Waals surface area contributed by atoms with E-state index in [1.807, 2.05) is 0 Å². The number of ether oxygens (including phenoxy) is 1. The predicted molar refractivity (Wildman–Crippen MR) is 51.6 cm³/mol. The zero-order valence-electron chi connectivity index (χ0n) is 8.60. The summed E-state index contributed by atoms with van der Waals surface area (Å²) in [6.45, 7) is 0.0965. The maximum absolute atomic E-state index is 11.0. The second-order valence-corrected chi connectivity index (χ2v) is 3.08. The zero-order valence-corrected chi connectivity index (χ0v) is 8.60. The van der Waals surface area contributed by atoms with Crippen LogP contribution in [0.2, 0.25) is 0 Å². The molecule has 0 aromatic rings. The van der Waals surface area contributed by atoms with Crippen LogP contribution in [0.3, 0.4) is 0 Å². The molecule has 0 aliphatic carbocycles. The minimum absolute atomic E-state index is 0.0587. The molecule has 86 valence electrons. The van der Waals surface area contributed by atoms with Gasteiger partial charge in [-0.15, -0.1) is 12.3 Å². The number of imide groups is 1. The third-order valence-corrected chi connectivity index (χ3v) is 1.86. The summed E-state index contributed by atoms with van der Waals surface area (Å²) in [7, 11) is 0. The molecule has 0 spiro atoms. The lowest BCUT2D eigenvalue weighted by Crippen LogP contribution is -2.32. The molecule has 0 aromatic carbocycles. The van der Waals surface area contributed by atoms with Gasteiger partial charge in [-0.25, -0.2) is 4.79 Å². The third kappa shape index (κ3) is 3.28. The number of hydrogen-bond donors (Lipinski definition) is 0. The van der Waals surface area contributed by atoms with Crippen molar-refractivity contribution in [3.63, 3.8) is 0 Å². The minimum atomic E-state index is -1.07. The number of carbonyl (C=O) groups is 3. The van der Waals surface area contributed by atoms with Crippen LogP contribution in [0, 0.1) is 12.3 Å². The van der Waals surface area contributed by atoms with E-state index in [1.54, 1.807) is 0 Å².